The van der Waals surface area contributed by atoms with Crippen molar-refractivity contribution in [2.45, 2.75) is 31.8 Å². The van der Waals surface area contributed by atoms with Crippen LogP contribution in [0.3, 0.4) is 0 Å². The number of aliphatic hydroxyl groups is 1. The van der Waals surface area contributed by atoms with E-state index in [2.05, 4.69) is 0 Å². The van der Waals surface area contributed by atoms with Crippen LogP contribution in [0.5, 0.6) is 0 Å². The minimum absolute atomic E-state index is 0.0872. The number of carbonyl (C=O) groups is 1. The molecule has 1 fully saturated rings. The minimum atomic E-state index is -0.774. The van der Waals surface area contributed by atoms with Crippen molar-refractivity contribution in [1.82, 2.24) is 4.90 Å². The summed E-state index contributed by atoms with van der Waals surface area (Å²) in [5.41, 5.74) is -0.774. The van der Waals surface area contributed by atoms with E-state index in [4.69, 9.17) is 5.26 Å². The van der Waals surface area contributed by atoms with E-state index >= 15 is 0 Å². The molecule has 1 atom stereocenters. The molecule has 0 radical (unpaired) electrons. The number of β-amino-alcohol motifs (C(OH)–C–C–N with tert-alkyl or cyclic N) is 1. The van der Waals surface area contributed by atoms with Crippen LogP contribution in [-0.4, -0.2) is 34.6 Å². The maximum absolute atomic E-state index is 11.3. The van der Waals surface area contributed by atoms with Crippen LogP contribution in [0.25, 0.3) is 0 Å². The second-order valence-corrected chi connectivity index (χ2v) is 3.75. The Bertz CT molecular complexity index is 242. The molecule has 4 nitrogen and oxygen atoms in total. The van der Waals surface area contributed by atoms with Gasteiger partial charge in [0.2, 0.25) is 5.91 Å². The molecule has 0 saturated carbocycles. The molecule has 0 aromatic heterocycles. The number of nitrogens with zero attached hydrogens (tertiary/aromatic N) is 2. The number of piperidine rings is 1. The third-order valence-corrected chi connectivity index (χ3v) is 2.26. The summed E-state index contributed by atoms with van der Waals surface area (Å²) in [5.74, 6) is -0.178. The molecule has 0 bridgehead atoms. The van der Waals surface area contributed by atoms with E-state index in [1.165, 1.54) is 0 Å². The molecule has 0 aromatic rings. The van der Waals surface area contributed by atoms with Crippen LogP contribution >= 0.6 is 0 Å². The van der Waals surface area contributed by atoms with E-state index in [0.29, 0.717) is 13.1 Å². The molecular weight excluding hydrogens is 168 g/mol. The van der Waals surface area contributed by atoms with Gasteiger partial charge in [-0.05, 0) is 19.8 Å². The lowest BCUT2D eigenvalue weighted by Crippen LogP contribution is -2.48. The zero-order valence-corrected chi connectivity index (χ0v) is 7.79. The maximum Gasteiger partial charge on any atom is 0.236 e. The van der Waals surface area contributed by atoms with Crippen LogP contribution in [0.2, 0.25) is 0 Å². The molecule has 0 spiro atoms. The molecule has 1 amide bonds. The van der Waals surface area contributed by atoms with Gasteiger partial charge in [-0.15, -0.1) is 0 Å². The van der Waals surface area contributed by atoms with E-state index in [1.54, 1.807) is 11.8 Å². The van der Waals surface area contributed by atoms with Gasteiger partial charge in [0.25, 0.3) is 0 Å². The number of nitriles is 1. The zero-order valence-electron chi connectivity index (χ0n) is 7.79. The summed E-state index contributed by atoms with van der Waals surface area (Å²) < 4.78 is 0. The Morgan fingerprint density at radius 1 is 1.77 bits per heavy atom. The van der Waals surface area contributed by atoms with Crippen molar-refractivity contribution in [2.24, 2.45) is 0 Å². The summed E-state index contributed by atoms with van der Waals surface area (Å²) in [6.07, 6.45) is 1.45. The van der Waals surface area contributed by atoms with E-state index in [0.717, 1.165) is 12.8 Å². The monoisotopic (exact) mass is 182 g/mol. The maximum atomic E-state index is 11.3. The van der Waals surface area contributed by atoms with Crippen molar-refractivity contribution in [1.29, 1.82) is 5.26 Å². The highest BCUT2D eigenvalue weighted by molar-refractivity contribution is 5.78. The average Bonchev–Trinajstić information content (AvgIpc) is 2.03. The summed E-state index contributed by atoms with van der Waals surface area (Å²) in [6, 6.07) is 1.82. The largest absolute Gasteiger partial charge is 0.388 e. The van der Waals surface area contributed by atoms with Gasteiger partial charge >= 0.3 is 0 Å². The van der Waals surface area contributed by atoms with Gasteiger partial charge in [-0.1, -0.05) is 0 Å². The van der Waals surface area contributed by atoms with Gasteiger partial charge in [0, 0.05) is 13.1 Å². The smallest absolute Gasteiger partial charge is 0.236 e. The van der Waals surface area contributed by atoms with Crippen molar-refractivity contribution < 1.29 is 9.90 Å². The standard InChI is InChI=1S/C9H14N2O2/c1-9(13)4-2-6-11(7-9)8(12)3-5-10/h13H,2-4,6-7H2,1H3. The molecule has 72 valence electrons. The predicted octanol–water partition coefficient (Wildman–Crippen LogP) is 0.273. The van der Waals surface area contributed by atoms with Gasteiger partial charge in [0.1, 0.15) is 6.42 Å². The van der Waals surface area contributed by atoms with Crippen molar-refractivity contribution in [3.63, 3.8) is 0 Å². The summed E-state index contributed by atoms with van der Waals surface area (Å²) in [4.78, 5) is 12.8. The summed E-state index contributed by atoms with van der Waals surface area (Å²) >= 11 is 0. The summed E-state index contributed by atoms with van der Waals surface area (Å²) in [7, 11) is 0. The third kappa shape index (κ3) is 2.71. The topological polar surface area (TPSA) is 64.3 Å². The van der Waals surface area contributed by atoms with Gasteiger partial charge in [0.15, 0.2) is 0 Å². The number of rotatable bonds is 1. The van der Waals surface area contributed by atoms with Gasteiger partial charge < -0.3 is 10.0 Å². The Kier molecular flexibility index (Phi) is 2.89. The Morgan fingerprint density at radius 3 is 3.00 bits per heavy atom. The lowest BCUT2D eigenvalue weighted by atomic mass is 9.95. The van der Waals surface area contributed by atoms with Crippen LogP contribution < -0.4 is 0 Å². The van der Waals surface area contributed by atoms with E-state index < -0.39 is 5.60 Å². The Balaban J connectivity index is 2.53. The molecular formula is C9H14N2O2. The fraction of sp³-hybridized carbons (Fsp3) is 0.778. The predicted molar refractivity (Wildman–Crippen MR) is 46.7 cm³/mol. The number of hydrogen-bond donors (Lipinski definition) is 1. The molecule has 13 heavy (non-hydrogen) atoms. The molecule has 1 unspecified atom stereocenters. The fourth-order valence-corrected chi connectivity index (χ4v) is 1.61. The Morgan fingerprint density at radius 2 is 2.46 bits per heavy atom. The summed E-state index contributed by atoms with van der Waals surface area (Å²) in [6.45, 7) is 2.74. The second-order valence-electron chi connectivity index (χ2n) is 3.75. The highest BCUT2D eigenvalue weighted by Gasteiger charge is 2.30. The molecule has 1 N–H and O–H groups in total. The van der Waals surface area contributed by atoms with Crippen LogP contribution in [0.4, 0.5) is 0 Å². The van der Waals surface area contributed by atoms with Crippen molar-refractivity contribution >= 4 is 5.91 Å². The van der Waals surface area contributed by atoms with Crippen molar-refractivity contribution in [3.8, 4) is 6.07 Å². The quantitative estimate of drug-likeness (QED) is 0.633. The van der Waals surface area contributed by atoms with Gasteiger partial charge in [0.05, 0.1) is 11.7 Å². The number of amides is 1. The molecule has 1 aliphatic rings. The third-order valence-electron chi connectivity index (χ3n) is 2.26. The second kappa shape index (κ2) is 3.75. The molecule has 1 heterocycles. The first-order chi connectivity index (χ1) is 6.05. The van der Waals surface area contributed by atoms with Crippen molar-refractivity contribution in [3.05, 3.63) is 0 Å². The first kappa shape index (κ1) is 10.0. The normalized spacial score (nSPS) is 28.2. The van der Waals surface area contributed by atoms with E-state index in [-0.39, 0.29) is 12.3 Å². The van der Waals surface area contributed by atoms with Gasteiger partial charge in [-0.3, -0.25) is 4.79 Å². The number of carbonyl (C=O) groups excluding carboxylic acids is 1. The van der Waals surface area contributed by atoms with E-state index in [9.17, 15) is 9.90 Å². The molecule has 0 aliphatic carbocycles. The average molecular weight is 182 g/mol. The van der Waals surface area contributed by atoms with Gasteiger partial charge in [-0.25, -0.2) is 0 Å². The molecule has 1 rings (SSSR count). The summed E-state index contributed by atoms with van der Waals surface area (Å²) in [5, 5.41) is 18.0. The first-order valence-corrected chi connectivity index (χ1v) is 4.42. The Labute approximate surface area is 77.8 Å². The van der Waals surface area contributed by atoms with Gasteiger partial charge in [-0.2, -0.15) is 5.26 Å². The molecule has 0 aromatic carbocycles. The lowest BCUT2D eigenvalue weighted by Gasteiger charge is -2.36. The van der Waals surface area contributed by atoms with Crippen molar-refractivity contribution in [2.75, 3.05) is 13.1 Å². The first-order valence-electron chi connectivity index (χ1n) is 4.42. The van der Waals surface area contributed by atoms with E-state index in [1.807, 2.05) is 6.07 Å². The number of hydrogen-bond acceptors (Lipinski definition) is 3. The van der Waals surface area contributed by atoms with Crippen LogP contribution in [0, 0.1) is 11.3 Å². The van der Waals surface area contributed by atoms with Crippen LogP contribution in [0.15, 0.2) is 0 Å². The molecule has 1 aliphatic heterocycles. The highest BCUT2D eigenvalue weighted by atomic mass is 16.3. The fourth-order valence-electron chi connectivity index (χ4n) is 1.61. The number of likely N-dealkylation sites (tertiary alicyclic amines) is 1. The highest BCUT2D eigenvalue weighted by Crippen LogP contribution is 2.20. The zero-order chi connectivity index (χ0) is 9.90. The molecule has 1 saturated heterocycles. The van der Waals surface area contributed by atoms with Crippen LogP contribution in [0.1, 0.15) is 26.2 Å². The van der Waals surface area contributed by atoms with Crippen LogP contribution in [-0.2, 0) is 4.79 Å². The lowest BCUT2D eigenvalue weighted by molar-refractivity contribution is -0.136. The SMILES string of the molecule is CC1(O)CCCN(C(=O)CC#N)C1. The Hall–Kier alpha value is -1.08. The minimum Gasteiger partial charge on any atom is -0.388 e. The molecule has 4 heteroatoms.